The van der Waals surface area contributed by atoms with Gasteiger partial charge in [-0.2, -0.15) is 0 Å². The molecule has 1 heterocycles. The predicted octanol–water partition coefficient (Wildman–Crippen LogP) is 3.70. The monoisotopic (exact) mass is 358 g/mol. The van der Waals surface area contributed by atoms with Gasteiger partial charge in [-0.25, -0.2) is 0 Å². The molecular weight excluding hydrogens is 336 g/mol. The van der Waals surface area contributed by atoms with Gasteiger partial charge in [0.1, 0.15) is 5.75 Å². The van der Waals surface area contributed by atoms with Crippen LogP contribution in [0.5, 0.6) is 5.75 Å². The summed E-state index contributed by atoms with van der Waals surface area (Å²) in [6.07, 6.45) is 0.958. The topological polar surface area (TPSA) is 32.8 Å². The number of nitrogens with zero attached hydrogens (tertiary/aromatic N) is 2. The highest BCUT2D eigenvalue weighted by molar-refractivity contribution is 6.33. The second kappa shape index (κ2) is 8.37. The Labute approximate surface area is 154 Å². The summed E-state index contributed by atoms with van der Waals surface area (Å²) >= 11 is 6.17. The number of ether oxygens (including phenoxy) is 1. The van der Waals surface area contributed by atoms with Gasteiger partial charge in [-0.05, 0) is 36.2 Å². The highest BCUT2D eigenvalue weighted by Crippen LogP contribution is 2.19. The zero-order chi connectivity index (χ0) is 17.6. The molecular formula is C20H23ClN2O2. The molecule has 0 unspecified atom stereocenters. The predicted molar refractivity (Wildman–Crippen MR) is 100 cm³/mol. The summed E-state index contributed by atoms with van der Waals surface area (Å²) in [5.41, 5.74) is 1.82. The third-order valence-electron chi connectivity index (χ3n) is 4.52. The maximum absolute atomic E-state index is 12.7. The summed E-state index contributed by atoms with van der Waals surface area (Å²) in [6, 6.07) is 15.4. The van der Waals surface area contributed by atoms with Crippen LogP contribution >= 0.6 is 11.6 Å². The van der Waals surface area contributed by atoms with Crippen molar-refractivity contribution in [1.82, 2.24) is 9.80 Å². The molecule has 0 aromatic heterocycles. The van der Waals surface area contributed by atoms with Crippen LogP contribution in [0.4, 0.5) is 0 Å². The molecule has 1 aliphatic heterocycles. The van der Waals surface area contributed by atoms with Crippen LogP contribution in [0.3, 0.4) is 0 Å². The van der Waals surface area contributed by atoms with Crippen LogP contribution in [0.2, 0.25) is 5.02 Å². The van der Waals surface area contributed by atoms with Crippen molar-refractivity contribution in [2.24, 2.45) is 0 Å². The van der Waals surface area contributed by atoms with Crippen LogP contribution in [0.25, 0.3) is 0 Å². The standard InChI is InChI=1S/C20H23ClN2O2/c1-25-17-7-4-6-16(14-17)15-22-10-5-11-23(13-12-22)20(24)18-8-2-3-9-19(18)21/h2-4,6-9,14H,5,10-13,15H2,1H3. The Hall–Kier alpha value is -2.04. The van der Waals surface area contributed by atoms with Crippen LogP contribution < -0.4 is 4.74 Å². The van der Waals surface area contributed by atoms with Crippen molar-refractivity contribution in [3.05, 3.63) is 64.7 Å². The summed E-state index contributed by atoms with van der Waals surface area (Å²) < 4.78 is 5.29. The third-order valence-corrected chi connectivity index (χ3v) is 4.85. The Bertz CT molecular complexity index is 735. The van der Waals surface area contributed by atoms with E-state index < -0.39 is 0 Å². The van der Waals surface area contributed by atoms with Crippen molar-refractivity contribution in [1.29, 1.82) is 0 Å². The van der Waals surface area contributed by atoms with Crippen molar-refractivity contribution >= 4 is 17.5 Å². The fourth-order valence-corrected chi connectivity index (χ4v) is 3.38. The molecule has 25 heavy (non-hydrogen) atoms. The van der Waals surface area contributed by atoms with E-state index in [9.17, 15) is 4.79 Å². The van der Waals surface area contributed by atoms with E-state index in [2.05, 4.69) is 17.0 Å². The summed E-state index contributed by atoms with van der Waals surface area (Å²) in [5, 5.41) is 0.519. The first-order chi connectivity index (χ1) is 12.2. The van der Waals surface area contributed by atoms with E-state index in [0.717, 1.165) is 38.3 Å². The second-order valence-corrected chi connectivity index (χ2v) is 6.66. The Morgan fingerprint density at radius 1 is 1.08 bits per heavy atom. The zero-order valence-electron chi connectivity index (χ0n) is 14.5. The Kier molecular flexibility index (Phi) is 5.95. The molecule has 0 saturated carbocycles. The molecule has 1 aliphatic rings. The Morgan fingerprint density at radius 3 is 2.72 bits per heavy atom. The van der Waals surface area contributed by atoms with Gasteiger partial charge in [0.05, 0.1) is 17.7 Å². The highest BCUT2D eigenvalue weighted by Gasteiger charge is 2.21. The minimum Gasteiger partial charge on any atom is -0.497 e. The molecule has 132 valence electrons. The highest BCUT2D eigenvalue weighted by atomic mass is 35.5. The lowest BCUT2D eigenvalue weighted by Crippen LogP contribution is -2.35. The summed E-state index contributed by atoms with van der Waals surface area (Å²) in [5.74, 6) is 0.900. The van der Waals surface area contributed by atoms with Crippen LogP contribution in [-0.4, -0.2) is 49.0 Å². The van der Waals surface area contributed by atoms with Gasteiger partial charge in [-0.15, -0.1) is 0 Å². The largest absolute Gasteiger partial charge is 0.497 e. The molecule has 0 aliphatic carbocycles. The number of amides is 1. The average molecular weight is 359 g/mol. The minimum atomic E-state index is 0.0221. The molecule has 5 heteroatoms. The number of rotatable bonds is 4. The van der Waals surface area contributed by atoms with Crippen molar-refractivity contribution in [2.75, 3.05) is 33.3 Å². The first-order valence-corrected chi connectivity index (χ1v) is 8.94. The number of carbonyl (C=O) groups is 1. The molecule has 0 radical (unpaired) electrons. The van der Waals surface area contributed by atoms with E-state index in [1.807, 2.05) is 29.2 Å². The lowest BCUT2D eigenvalue weighted by molar-refractivity contribution is 0.0761. The number of carbonyl (C=O) groups excluding carboxylic acids is 1. The van der Waals surface area contributed by atoms with Crippen LogP contribution in [-0.2, 0) is 6.54 Å². The Balaban J connectivity index is 1.62. The Morgan fingerprint density at radius 2 is 1.92 bits per heavy atom. The van der Waals surface area contributed by atoms with Gasteiger partial charge in [0, 0.05) is 32.7 Å². The quantitative estimate of drug-likeness (QED) is 0.835. The maximum atomic E-state index is 12.7. The van der Waals surface area contributed by atoms with E-state index in [4.69, 9.17) is 16.3 Å². The lowest BCUT2D eigenvalue weighted by atomic mass is 10.2. The van der Waals surface area contributed by atoms with E-state index in [0.29, 0.717) is 17.1 Å². The van der Waals surface area contributed by atoms with Crippen molar-refractivity contribution in [3.8, 4) is 5.75 Å². The van der Waals surface area contributed by atoms with Crippen LogP contribution in [0.15, 0.2) is 48.5 Å². The molecule has 4 nitrogen and oxygen atoms in total. The fraction of sp³-hybridized carbons (Fsp3) is 0.350. The number of hydrogen-bond acceptors (Lipinski definition) is 3. The van der Waals surface area contributed by atoms with E-state index >= 15 is 0 Å². The van der Waals surface area contributed by atoms with Gasteiger partial charge < -0.3 is 9.64 Å². The van der Waals surface area contributed by atoms with E-state index in [1.165, 1.54) is 5.56 Å². The van der Waals surface area contributed by atoms with Gasteiger partial charge >= 0.3 is 0 Å². The lowest BCUT2D eigenvalue weighted by Gasteiger charge is -2.22. The smallest absolute Gasteiger partial charge is 0.255 e. The molecule has 1 fully saturated rings. The number of halogens is 1. The number of methoxy groups -OCH3 is 1. The summed E-state index contributed by atoms with van der Waals surface area (Å²) in [4.78, 5) is 17.0. The normalized spacial score (nSPS) is 15.7. The average Bonchev–Trinajstić information content (AvgIpc) is 2.87. The molecule has 3 rings (SSSR count). The molecule has 0 spiro atoms. The number of benzene rings is 2. The van der Waals surface area contributed by atoms with Gasteiger partial charge in [0.2, 0.25) is 0 Å². The van der Waals surface area contributed by atoms with Gasteiger partial charge in [0.15, 0.2) is 0 Å². The van der Waals surface area contributed by atoms with Gasteiger partial charge in [-0.3, -0.25) is 9.69 Å². The third kappa shape index (κ3) is 4.53. The number of hydrogen-bond donors (Lipinski definition) is 0. The van der Waals surface area contributed by atoms with Crippen molar-refractivity contribution in [3.63, 3.8) is 0 Å². The molecule has 1 saturated heterocycles. The van der Waals surface area contributed by atoms with E-state index in [-0.39, 0.29) is 5.91 Å². The maximum Gasteiger partial charge on any atom is 0.255 e. The molecule has 0 atom stereocenters. The SMILES string of the molecule is COc1cccc(CN2CCCN(C(=O)c3ccccc3Cl)CC2)c1. The minimum absolute atomic E-state index is 0.0221. The van der Waals surface area contributed by atoms with E-state index in [1.54, 1.807) is 19.2 Å². The molecule has 0 bridgehead atoms. The molecule has 2 aromatic carbocycles. The zero-order valence-corrected chi connectivity index (χ0v) is 15.2. The molecule has 2 aromatic rings. The fourth-order valence-electron chi connectivity index (χ4n) is 3.17. The van der Waals surface area contributed by atoms with Crippen molar-refractivity contribution < 1.29 is 9.53 Å². The van der Waals surface area contributed by atoms with Crippen LogP contribution in [0.1, 0.15) is 22.3 Å². The first kappa shape index (κ1) is 17.8. The first-order valence-electron chi connectivity index (χ1n) is 8.56. The van der Waals surface area contributed by atoms with Crippen molar-refractivity contribution in [2.45, 2.75) is 13.0 Å². The van der Waals surface area contributed by atoms with Gasteiger partial charge in [-0.1, -0.05) is 35.9 Å². The second-order valence-electron chi connectivity index (χ2n) is 6.25. The van der Waals surface area contributed by atoms with Gasteiger partial charge in [0.25, 0.3) is 5.91 Å². The summed E-state index contributed by atoms with van der Waals surface area (Å²) in [6.45, 7) is 4.18. The molecule has 1 amide bonds. The van der Waals surface area contributed by atoms with Crippen LogP contribution in [0, 0.1) is 0 Å². The summed E-state index contributed by atoms with van der Waals surface area (Å²) in [7, 11) is 1.68. The molecule has 0 N–H and O–H groups in total.